The van der Waals surface area contributed by atoms with Crippen molar-refractivity contribution in [2.75, 3.05) is 0 Å². The van der Waals surface area contributed by atoms with Gasteiger partial charge in [-0.3, -0.25) is 9.63 Å². The first kappa shape index (κ1) is 10.1. The maximum atomic E-state index is 11.3. The molecule has 5 heteroatoms. The van der Waals surface area contributed by atoms with Crippen molar-refractivity contribution in [3.8, 4) is 0 Å². The van der Waals surface area contributed by atoms with Crippen LogP contribution in [0.25, 0.3) is 0 Å². The summed E-state index contributed by atoms with van der Waals surface area (Å²) in [6.45, 7) is 5.53. The Balaban J connectivity index is 2.49. The van der Waals surface area contributed by atoms with Crippen molar-refractivity contribution in [2.24, 2.45) is 0 Å². The van der Waals surface area contributed by atoms with Crippen LogP contribution in [0, 0.1) is 6.92 Å². The van der Waals surface area contributed by atoms with Crippen LogP contribution in [0.4, 0.5) is 0 Å². The van der Waals surface area contributed by atoms with Crippen LogP contribution < -0.4 is 5.48 Å². The Morgan fingerprint density at radius 2 is 2.38 bits per heavy atom. The minimum atomic E-state index is -0.293. The number of carbonyl (C=O) groups is 1. The smallest absolute Gasteiger partial charge is 0.271 e. The second-order valence-electron chi connectivity index (χ2n) is 2.85. The molecule has 0 aliphatic carbocycles. The molecule has 0 radical (unpaired) electrons. The van der Waals surface area contributed by atoms with Gasteiger partial charge in [0.2, 0.25) is 0 Å². The van der Waals surface area contributed by atoms with Crippen molar-refractivity contribution in [1.82, 2.24) is 10.5 Å². The Labute approximate surface area is 80.9 Å². The van der Waals surface area contributed by atoms with Gasteiger partial charge in [0.05, 0.1) is 11.1 Å². The Morgan fingerprint density at radius 3 is 2.85 bits per heavy atom. The summed E-state index contributed by atoms with van der Waals surface area (Å²) in [6, 6.07) is 0. The molecule has 0 bridgehead atoms. The minimum Gasteiger partial charge on any atom is -0.271 e. The van der Waals surface area contributed by atoms with Gasteiger partial charge >= 0.3 is 0 Å². The lowest BCUT2D eigenvalue weighted by Gasteiger charge is -2.06. The quantitative estimate of drug-likeness (QED) is 0.753. The van der Waals surface area contributed by atoms with Gasteiger partial charge in [-0.25, -0.2) is 10.5 Å². The molecule has 1 rings (SSSR count). The lowest BCUT2D eigenvalue weighted by Crippen LogP contribution is -2.27. The average Bonchev–Trinajstić information content (AvgIpc) is 2.47. The van der Waals surface area contributed by atoms with E-state index in [1.807, 2.05) is 20.8 Å². The molecule has 1 aromatic heterocycles. The van der Waals surface area contributed by atoms with Crippen LogP contribution in [0.5, 0.6) is 0 Å². The zero-order valence-electron chi connectivity index (χ0n) is 7.83. The van der Waals surface area contributed by atoms with Crippen molar-refractivity contribution < 1.29 is 9.63 Å². The molecule has 0 saturated carbocycles. The van der Waals surface area contributed by atoms with E-state index in [9.17, 15) is 4.79 Å². The number of nitrogens with one attached hydrogen (secondary N) is 1. The Kier molecular flexibility index (Phi) is 3.39. The zero-order chi connectivity index (χ0) is 9.84. The largest absolute Gasteiger partial charge is 0.294 e. The van der Waals surface area contributed by atoms with E-state index in [4.69, 9.17) is 4.84 Å². The van der Waals surface area contributed by atoms with E-state index in [0.717, 1.165) is 5.01 Å². The van der Waals surface area contributed by atoms with Crippen LogP contribution in [-0.2, 0) is 4.84 Å². The number of carbonyl (C=O) groups excluding carboxylic acids is 1. The van der Waals surface area contributed by atoms with Crippen molar-refractivity contribution in [3.63, 3.8) is 0 Å². The second-order valence-corrected chi connectivity index (χ2v) is 3.91. The standard InChI is InChI=1S/C8H12N2O2S/c1-5(2)12-10-8(11)7-4-13-6(3)9-7/h4-5H,1-3H3,(H,10,11). The van der Waals surface area contributed by atoms with E-state index in [2.05, 4.69) is 10.5 Å². The topological polar surface area (TPSA) is 51.2 Å². The molecule has 72 valence electrons. The van der Waals surface area contributed by atoms with Crippen LogP contribution in [0.15, 0.2) is 5.38 Å². The fourth-order valence-corrected chi connectivity index (χ4v) is 1.28. The van der Waals surface area contributed by atoms with E-state index in [1.54, 1.807) is 5.38 Å². The molecule has 0 spiro atoms. The van der Waals surface area contributed by atoms with Gasteiger partial charge in [0.15, 0.2) is 0 Å². The highest BCUT2D eigenvalue weighted by Gasteiger charge is 2.09. The molecule has 0 saturated heterocycles. The van der Waals surface area contributed by atoms with Gasteiger partial charge in [0.1, 0.15) is 5.69 Å². The Bertz CT molecular complexity index is 296. The number of hydrogen-bond acceptors (Lipinski definition) is 4. The van der Waals surface area contributed by atoms with Crippen LogP contribution in [0.1, 0.15) is 29.3 Å². The second kappa shape index (κ2) is 4.34. The van der Waals surface area contributed by atoms with Crippen molar-refractivity contribution in [3.05, 3.63) is 16.1 Å². The summed E-state index contributed by atoms with van der Waals surface area (Å²) in [7, 11) is 0. The first-order valence-electron chi connectivity index (χ1n) is 3.97. The molecule has 0 unspecified atom stereocenters. The van der Waals surface area contributed by atoms with E-state index in [1.165, 1.54) is 11.3 Å². The molecule has 1 amide bonds. The van der Waals surface area contributed by atoms with E-state index >= 15 is 0 Å². The van der Waals surface area contributed by atoms with Crippen LogP contribution in [0.3, 0.4) is 0 Å². The van der Waals surface area contributed by atoms with E-state index in [0.29, 0.717) is 5.69 Å². The number of hydrogen-bond donors (Lipinski definition) is 1. The van der Waals surface area contributed by atoms with E-state index in [-0.39, 0.29) is 12.0 Å². The number of hydroxylamine groups is 1. The number of aromatic nitrogens is 1. The molecule has 0 aromatic carbocycles. The molecule has 1 N–H and O–H groups in total. The summed E-state index contributed by atoms with van der Waals surface area (Å²) >= 11 is 1.44. The minimum absolute atomic E-state index is 0.0244. The fraction of sp³-hybridized carbons (Fsp3) is 0.500. The molecular weight excluding hydrogens is 188 g/mol. The lowest BCUT2D eigenvalue weighted by atomic mass is 10.5. The highest BCUT2D eigenvalue weighted by molar-refractivity contribution is 7.09. The molecule has 0 aliphatic heterocycles. The zero-order valence-corrected chi connectivity index (χ0v) is 8.64. The number of rotatable bonds is 3. The highest BCUT2D eigenvalue weighted by atomic mass is 32.1. The molecule has 4 nitrogen and oxygen atoms in total. The third-order valence-electron chi connectivity index (χ3n) is 1.24. The highest BCUT2D eigenvalue weighted by Crippen LogP contribution is 2.07. The van der Waals surface area contributed by atoms with Gasteiger partial charge in [0.25, 0.3) is 5.91 Å². The predicted molar refractivity (Wildman–Crippen MR) is 50.5 cm³/mol. The third kappa shape index (κ3) is 3.12. The molecular formula is C8H12N2O2S. The van der Waals surface area contributed by atoms with Crippen LogP contribution in [-0.4, -0.2) is 17.0 Å². The van der Waals surface area contributed by atoms with Crippen molar-refractivity contribution in [2.45, 2.75) is 26.9 Å². The van der Waals surface area contributed by atoms with Gasteiger partial charge in [-0.2, -0.15) is 0 Å². The Hall–Kier alpha value is -0.940. The summed E-state index contributed by atoms with van der Waals surface area (Å²) in [5.41, 5.74) is 2.72. The third-order valence-corrected chi connectivity index (χ3v) is 2.01. The van der Waals surface area contributed by atoms with Crippen molar-refractivity contribution >= 4 is 17.2 Å². The number of thiazole rings is 1. The SMILES string of the molecule is Cc1nc(C(=O)NOC(C)C)cs1. The number of aryl methyl sites for hydroxylation is 1. The Morgan fingerprint density at radius 1 is 1.69 bits per heavy atom. The van der Waals surface area contributed by atoms with Gasteiger partial charge in [0, 0.05) is 5.38 Å². The number of amides is 1. The molecule has 0 aliphatic rings. The predicted octanol–water partition coefficient (Wildman–Crippen LogP) is 1.52. The summed E-state index contributed by atoms with van der Waals surface area (Å²) in [5, 5.41) is 2.57. The maximum absolute atomic E-state index is 11.3. The normalized spacial score (nSPS) is 10.5. The first-order valence-corrected chi connectivity index (χ1v) is 4.85. The van der Waals surface area contributed by atoms with Gasteiger partial charge in [-0.05, 0) is 20.8 Å². The van der Waals surface area contributed by atoms with Crippen LogP contribution in [0.2, 0.25) is 0 Å². The summed E-state index contributed by atoms with van der Waals surface area (Å²) in [4.78, 5) is 20.2. The van der Waals surface area contributed by atoms with Gasteiger partial charge < -0.3 is 0 Å². The monoisotopic (exact) mass is 200 g/mol. The first-order chi connectivity index (χ1) is 6.09. The summed E-state index contributed by atoms with van der Waals surface area (Å²) in [5.74, 6) is -0.293. The summed E-state index contributed by atoms with van der Waals surface area (Å²) in [6.07, 6.45) is -0.0244. The number of nitrogens with zero attached hydrogens (tertiary/aromatic N) is 1. The average molecular weight is 200 g/mol. The molecule has 1 aromatic rings. The molecule has 0 atom stereocenters. The van der Waals surface area contributed by atoms with Crippen molar-refractivity contribution in [1.29, 1.82) is 0 Å². The van der Waals surface area contributed by atoms with Gasteiger partial charge in [-0.1, -0.05) is 0 Å². The van der Waals surface area contributed by atoms with Crippen LogP contribution >= 0.6 is 11.3 Å². The van der Waals surface area contributed by atoms with Gasteiger partial charge in [-0.15, -0.1) is 11.3 Å². The maximum Gasteiger partial charge on any atom is 0.294 e. The molecule has 0 fully saturated rings. The fourth-order valence-electron chi connectivity index (χ4n) is 0.691. The summed E-state index contributed by atoms with van der Waals surface area (Å²) < 4.78 is 0. The molecule has 1 heterocycles. The molecule has 13 heavy (non-hydrogen) atoms. The lowest BCUT2D eigenvalue weighted by molar-refractivity contribution is -0.0000978. The van der Waals surface area contributed by atoms with E-state index < -0.39 is 0 Å².